The SMILES string of the molecule is C1=CC2CNCC3CNCC3C2N=C1. The highest BCUT2D eigenvalue weighted by Gasteiger charge is 2.39. The first-order valence-electron chi connectivity index (χ1n) is 5.56. The van der Waals surface area contributed by atoms with Crippen molar-refractivity contribution in [3.8, 4) is 0 Å². The van der Waals surface area contributed by atoms with Crippen molar-refractivity contribution < 1.29 is 0 Å². The number of nitrogens with one attached hydrogen (secondary N) is 2. The van der Waals surface area contributed by atoms with Crippen molar-refractivity contribution >= 4 is 6.21 Å². The number of fused-ring (bicyclic) bond motifs is 3. The van der Waals surface area contributed by atoms with Gasteiger partial charge < -0.3 is 10.6 Å². The van der Waals surface area contributed by atoms with Crippen molar-refractivity contribution in [1.82, 2.24) is 10.6 Å². The fourth-order valence-corrected chi connectivity index (χ4v) is 2.99. The largest absolute Gasteiger partial charge is 0.316 e. The summed E-state index contributed by atoms with van der Waals surface area (Å²) in [7, 11) is 0. The van der Waals surface area contributed by atoms with Crippen molar-refractivity contribution in [3.63, 3.8) is 0 Å². The number of aliphatic imine (C=N–C) groups is 1. The molecular formula is C11H17N3. The van der Waals surface area contributed by atoms with Crippen LogP contribution in [0, 0.1) is 17.8 Å². The van der Waals surface area contributed by atoms with Gasteiger partial charge in [-0.1, -0.05) is 6.08 Å². The van der Waals surface area contributed by atoms with E-state index in [1.54, 1.807) is 0 Å². The average Bonchev–Trinajstić information content (AvgIpc) is 2.61. The van der Waals surface area contributed by atoms with E-state index in [9.17, 15) is 0 Å². The maximum Gasteiger partial charge on any atom is 0.0618 e. The first kappa shape index (κ1) is 8.62. The van der Waals surface area contributed by atoms with Gasteiger partial charge >= 0.3 is 0 Å². The van der Waals surface area contributed by atoms with Gasteiger partial charge in [-0.15, -0.1) is 0 Å². The van der Waals surface area contributed by atoms with E-state index < -0.39 is 0 Å². The average molecular weight is 191 g/mol. The van der Waals surface area contributed by atoms with Gasteiger partial charge in [-0.2, -0.15) is 0 Å². The van der Waals surface area contributed by atoms with Crippen molar-refractivity contribution in [2.24, 2.45) is 22.7 Å². The predicted octanol–water partition coefficient (Wildman–Crippen LogP) is 0.0506. The predicted molar refractivity (Wildman–Crippen MR) is 57.6 cm³/mol. The maximum absolute atomic E-state index is 4.66. The Labute approximate surface area is 84.7 Å². The molecule has 0 bridgehead atoms. The van der Waals surface area contributed by atoms with E-state index in [0.717, 1.165) is 31.5 Å². The molecule has 3 nitrogen and oxygen atoms in total. The molecule has 0 aromatic carbocycles. The number of dihydropyridines is 1. The summed E-state index contributed by atoms with van der Waals surface area (Å²) < 4.78 is 0. The number of hydrogen-bond acceptors (Lipinski definition) is 3. The Bertz CT molecular complexity index is 272. The lowest BCUT2D eigenvalue weighted by Crippen LogP contribution is -2.33. The van der Waals surface area contributed by atoms with Crippen LogP contribution >= 0.6 is 0 Å². The Morgan fingerprint density at radius 3 is 2.86 bits per heavy atom. The van der Waals surface area contributed by atoms with E-state index in [-0.39, 0.29) is 0 Å². The zero-order chi connectivity index (χ0) is 9.38. The fourth-order valence-electron chi connectivity index (χ4n) is 2.99. The van der Waals surface area contributed by atoms with E-state index in [4.69, 9.17) is 0 Å². The van der Waals surface area contributed by atoms with Crippen molar-refractivity contribution in [3.05, 3.63) is 12.2 Å². The third-order valence-corrected chi connectivity index (χ3v) is 3.76. The minimum absolute atomic E-state index is 0.523. The van der Waals surface area contributed by atoms with Gasteiger partial charge in [0.1, 0.15) is 0 Å². The highest BCUT2D eigenvalue weighted by Crippen LogP contribution is 2.30. The highest BCUT2D eigenvalue weighted by molar-refractivity contribution is 5.72. The second-order valence-electron chi connectivity index (χ2n) is 4.58. The quantitative estimate of drug-likeness (QED) is 0.567. The summed E-state index contributed by atoms with van der Waals surface area (Å²) in [6.45, 7) is 4.58. The van der Waals surface area contributed by atoms with Crippen molar-refractivity contribution in [1.29, 1.82) is 0 Å². The van der Waals surface area contributed by atoms with Gasteiger partial charge in [0.05, 0.1) is 6.04 Å². The van der Waals surface area contributed by atoms with Crippen LogP contribution in [0.25, 0.3) is 0 Å². The molecule has 3 rings (SSSR count). The minimum atomic E-state index is 0.523. The molecule has 0 spiro atoms. The second kappa shape index (κ2) is 3.48. The van der Waals surface area contributed by atoms with Crippen LogP contribution in [0.2, 0.25) is 0 Å². The standard InChI is InChI=1S/C11H17N3/c1-2-8-4-12-5-9-6-13-7-10(9)11(8)14-3-1/h1-3,8-13H,4-7H2. The summed E-state index contributed by atoms with van der Waals surface area (Å²) in [5.74, 6) is 2.15. The third-order valence-electron chi connectivity index (χ3n) is 3.76. The molecule has 2 saturated heterocycles. The van der Waals surface area contributed by atoms with Gasteiger partial charge in [-0.25, -0.2) is 0 Å². The molecule has 2 fully saturated rings. The lowest BCUT2D eigenvalue weighted by Gasteiger charge is -2.27. The van der Waals surface area contributed by atoms with Crippen molar-refractivity contribution in [2.75, 3.05) is 26.2 Å². The molecule has 4 atom stereocenters. The smallest absolute Gasteiger partial charge is 0.0618 e. The summed E-state index contributed by atoms with van der Waals surface area (Å²) in [4.78, 5) is 4.66. The fraction of sp³-hybridized carbons (Fsp3) is 0.727. The summed E-state index contributed by atoms with van der Waals surface area (Å²) in [6.07, 6.45) is 6.37. The molecule has 76 valence electrons. The zero-order valence-corrected chi connectivity index (χ0v) is 8.32. The van der Waals surface area contributed by atoms with E-state index in [1.807, 2.05) is 6.21 Å². The number of nitrogens with zero attached hydrogens (tertiary/aromatic N) is 1. The number of allylic oxidation sites excluding steroid dienone is 1. The molecule has 3 heterocycles. The van der Waals surface area contributed by atoms with Gasteiger partial charge in [0, 0.05) is 25.2 Å². The Kier molecular flexibility index (Phi) is 2.14. The second-order valence-corrected chi connectivity index (χ2v) is 4.58. The van der Waals surface area contributed by atoms with E-state index in [0.29, 0.717) is 12.0 Å². The first-order chi connectivity index (χ1) is 6.95. The van der Waals surface area contributed by atoms with Gasteiger partial charge in [0.15, 0.2) is 0 Å². The topological polar surface area (TPSA) is 36.4 Å². The van der Waals surface area contributed by atoms with Gasteiger partial charge in [0.25, 0.3) is 0 Å². The van der Waals surface area contributed by atoms with E-state index >= 15 is 0 Å². The zero-order valence-electron chi connectivity index (χ0n) is 8.32. The molecule has 4 unspecified atom stereocenters. The van der Waals surface area contributed by atoms with E-state index in [1.165, 1.54) is 6.54 Å². The molecule has 0 aromatic rings. The Hall–Kier alpha value is -0.670. The van der Waals surface area contributed by atoms with Crippen LogP contribution in [0.4, 0.5) is 0 Å². The molecule has 0 radical (unpaired) electrons. The molecule has 3 aliphatic heterocycles. The maximum atomic E-state index is 4.66. The molecule has 0 amide bonds. The summed E-state index contributed by atoms with van der Waals surface area (Å²) >= 11 is 0. The Balaban J connectivity index is 1.87. The van der Waals surface area contributed by atoms with Gasteiger partial charge in [0.2, 0.25) is 0 Å². The van der Waals surface area contributed by atoms with Crippen LogP contribution in [-0.4, -0.2) is 38.4 Å². The first-order valence-corrected chi connectivity index (χ1v) is 5.56. The van der Waals surface area contributed by atoms with Crippen LogP contribution in [0.3, 0.4) is 0 Å². The van der Waals surface area contributed by atoms with Crippen LogP contribution in [0.5, 0.6) is 0 Å². The molecule has 0 saturated carbocycles. The molecular weight excluding hydrogens is 174 g/mol. The van der Waals surface area contributed by atoms with Crippen LogP contribution in [-0.2, 0) is 0 Å². The number of hydrogen-bond donors (Lipinski definition) is 2. The Morgan fingerprint density at radius 1 is 1.07 bits per heavy atom. The molecule has 3 heteroatoms. The van der Waals surface area contributed by atoms with Crippen LogP contribution < -0.4 is 10.6 Å². The Morgan fingerprint density at radius 2 is 1.93 bits per heavy atom. The summed E-state index contributed by atoms with van der Waals surface area (Å²) in [6, 6.07) is 0.523. The molecule has 3 aliphatic rings. The van der Waals surface area contributed by atoms with Gasteiger partial charge in [-0.05, 0) is 31.0 Å². The van der Waals surface area contributed by atoms with Crippen molar-refractivity contribution in [2.45, 2.75) is 6.04 Å². The third kappa shape index (κ3) is 1.31. The van der Waals surface area contributed by atoms with Crippen LogP contribution in [0.15, 0.2) is 17.1 Å². The molecule has 2 N–H and O–H groups in total. The van der Waals surface area contributed by atoms with E-state index in [2.05, 4.69) is 27.8 Å². The minimum Gasteiger partial charge on any atom is -0.316 e. The molecule has 14 heavy (non-hydrogen) atoms. The monoisotopic (exact) mass is 191 g/mol. The highest BCUT2D eigenvalue weighted by atomic mass is 15.0. The lowest BCUT2D eigenvalue weighted by molar-refractivity contribution is 0.339. The lowest BCUT2D eigenvalue weighted by atomic mass is 9.83. The molecule has 0 aromatic heterocycles. The summed E-state index contributed by atoms with van der Waals surface area (Å²) in [5, 5.41) is 7.04. The van der Waals surface area contributed by atoms with Crippen LogP contribution in [0.1, 0.15) is 0 Å². The normalized spacial score (nSPS) is 45.7. The molecule has 0 aliphatic carbocycles. The number of rotatable bonds is 0. The van der Waals surface area contributed by atoms with Gasteiger partial charge in [-0.3, -0.25) is 4.99 Å². The summed E-state index contributed by atoms with van der Waals surface area (Å²) in [5.41, 5.74) is 0.